The summed E-state index contributed by atoms with van der Waals surface area (Å²) >= 11 is 7.34. The molecule has 0 spiro atoms. The fourth-order valence-corrected chi connectivity index (χ4v) is 2.84. The minimum absolute atomic E-state index is 0.465. The molecule has 1 aromatic heterocycles. The van der Waals surface area contributed by atoms with Crippen LogP contribution < -0.4 is 5.32 Å². The van der Waals surface area contributed by atoms with Crippen molar-refractivity contribution in [1.82, 2.24) is 10.2 Å². The molecule has 0 aromatic carbocycles. The Morgan fingerprint density at radius 2 is 2.41 bits per heavy atom. The smallest absolute Gasteiger partial charge is 0.169 e. The zero-order valence-corrected chi connectivity index (χ0v) is 12.1. The number of nitrogens with one attached hydrogen (secondary N) is 1. The number of hydrogen-bond acceptors (Lipinski definition) is 2. The minimum atomic E-state index is 0.465. The topological polar surface area (TPSA) is 15.3 Å². The van der Waals surface area contributed by atoms with Gasteiger partial charge in [-0.15, -0.1) is 11.3 Å². The highest BCUT2D eigenvalue weighted by molar-refractivity contribution is 7.80. The Morgan fingerprint density at radius 3 is 2.94 bits per heavy atom. The Bertz CT molecular complexity index is 358. The second-order valence-corrected chi connectivity index (χ2v) is 6.12. The van der Waals surface area contributed by atoms with Crippen molar-refractivity contribution in [1.29, 1.82) is 0 Å². The molecule has 0 saturated heterocycles. The molecule has 2 rings (SSSR count). The van der Waals surface area contributed by atoms with Gasteiger partial charge in [-0.25, -0.2) is 0 Å². The van der Waals surface area contributed by atoms with E-state index in [0.717, 1.165) is 18.1 Å². The van der Waals surface area contributed by atoms with Gasteiger partial charge in [0.2, 0.25) is 0 Å². The van der Waals surface area contributed by atoms with Gasteiger partial charge >= 0.3 is 0 Å². The molecule has 1 saturated carbocycles. The summed E-state index contributed by atoms with van der Waals surface area (Å²) in [4.78, 5) is 3.75. The van der Waals surface area contributed by atoms with Gasteiger partial charge in [0.1, 0.15) is 0 Å². The maximum absolute atomic E-state index is 5.53. The average Bonchev–Trinajstić information content (AvgIpc) is 3.03. The van der Waals surface area contributed by atoms with Crippen LogP contribution in [-0.2, 0) is 6.54 Å². The Kier molecular flexibility index (Phi) is 4.40. The van der Waals surface area contributed by atoms with Crippen LogP contribution in [0, 0.1) is 0 Å². The number of thiocarbonyl (C=S) groups is 1. The molecule has 1 aliphatic carbocycles. The predicted molar refractivity (Wildman–Crippen MR) is 78.4 cm³/mol. The van der Waals surface area contributed by atoms with Crippen LogP contribution in [-0.4, -0.2) is 22.1 Å². The van der Waals surface area contributed by atoms with E-state index in [-0.39, 0.29) is 0 Å². The van der Waals surface area contributed by atoms with Gasteiger partial charge in [0.15, 0.2) is 5.11 Å². The molecule has 0 radical (unpaired) electrons. The van der Waals surface area contributed by atoms with E-state index in [1.165, 1.54) is 17.7 Å². The van der Waals surface area contributed by atoms with Crippen LogP contribution in [0.3, 0.4) is 0 Å². The standard InChI is InChI=1S/C13H20N2S2/c1-3-10(2)14-13(16)15(11-6-7-11)9-12-5-4-8-17-12/h4-5,8,10-11H,3,6-7,9H2,1-2H3,(H,14,16)/t10-/m0/s1. The summed E-state index contributed by atoms with van der Waals surface area (Å²) in [5.74, 6) is 0. The van der Waals surface area contributed by atoms with Crippen molar-refractivity contribution in [3.8, 4) is 0 Å². The van der Waals surface area contributed by atoms with E-state index in [1.807, 2.05) is 11.3 Å². The third-order valence-corrected chi connectivity index (χ3v) is 4.35. The molecule has 0 amide bonds. The van der Waals surface area contributed by atoms with Crippen LogP contribution in [0.2, 0.25) is 0 Å². The van der Waals surface area contributed by atoms with Gasteiger partial charge in [-0.3, -0.25) is 0 Å². The van der Waals surface area contributed by atoms with Gasteiger partial charge in [-0.2, -0.15) is 0 Å². The first-order valence-corrected chi connectivity index (χ1v) is 7.59. The van der Waals surface area contributed by atoms with Crippen molar-refractivity contribution in [3.63, 3.8) is 0 Å². The molecule has 0 aliphatic heterocycles. The first kappa shape index (κ1) is 12.8. The van der Waals surface area contributed by atoms with Crippen LogP contribution in [0.1, 0.15) is 38.0 Å². The molecule has 1 atom stereocenters. The molecule has 17 heavy (non-hydrogen) atoms. The molecule has 2 nitrogen and oxygen atoms in total. The van der Waals surface area contributed by atoms with Crippen LogP contribution in [0.5, 0.6) is 0 Å². The van der Waals surface area contributed by atoms with Crippen molar-refractivity contribution in [3.05, 3.63) is 22.4 Å². The van der Waals surface area contributed by atoms with Crippen LogP contribution in [0.15, 0.2) is 17.5 Å². The number of nitrogens with zero attached hydrogens (tertiary/aromatic N) is 1. The van der Waals surface area contributed by atoms with Crippen LogP contribution in [0.25, 0.3) is 0 Å². The first-order chi connectivity index (χ1) is 8.20. The summed E-state index contributed by atoms with van der Waals surface area (Å²) in [5, 5.41) is 6.48. The van der Waals surface area contributed by atoms with Gasteiger partial charge < -0.3 is 10.2 Å². The summed E-state index contributed by atoms with van der Waals surface area (Å²) in [7, 11) is 0. The first-order valence-electron chi connectivity index (χ1n) is 6.30. The van der Waals surface area contributed by atoms with Gasteiger partial charge in [0.25, 0.3) is 0 Å². The van der Waals surface area contributed by atoms with Crippen LogP contribution in [0.4, 0.5) is 0 Å². The third-order valence-electron chi connectivity index (χ3n) is 3.14. The summed E-state index contributed by atoms with van der Waals surface area (Å²) < 4.78 is 0. The predicted octanol–water partition coefficient (Wildman–Crippen LogP) is 3.39. The Hall–Kier alpha value is -0.610. The SMILES string of the molecule is CC[C@H](C)NC(=S)N(Cc1cccs1)C1CC1. The van der Waals surface area contributed by atoms with Gasteiger partial charge in [-0.05, 0) is 49.9 Å². The van der Waals surface area contributed by atoms with E-state index in [1.54, 1.807) is 0 Å². The highest BCUT2D eigenvalue weighted by atomic mass is 32.1. The van der Waals surface area contributed by atoms with E-state index in [9.17, 15) is 0 Å². The molecule has 1 aromatic rings. The molecule has 4 heteroatoms. The molecule has 0 bridgehead atoms. The maximum Gasteiger partial charge on any atom is 0.169 e. The quantitative estimate of drug-likeness (QED) is 0.824. The lowest BCUT2D eigenvalue weighted by Crippen LogP contribution is -2.44. The van der Waals surface area contributed by atoms with Crippen LogP contribution >= 0.6 is 23.6 Å². The van der Waals surface area contributed by atoms with Gasteiger partial charge in [0.05, 0.1) is 6.54 Å². The Labute approximate surface area is 113 Å². The van der Waals surface area contributed by atoms with E-state index in [4.69, 9.17) is 12.2 Å². The van der Waals surface area contributed by atoms with Gasteiger partial charge in [-0.1, -0.05) is 13.0 Å². The Morgan fingerprint density at radius 1 is 1.65 bits per heavy atom. The molecule has 0 unspecified atom stereocenters. The average molecular weight is 268 g/mol. The minimum Gasteiger partial charge on any atom is -0.360 e. The molecule has 1 fully saturated rings. The van der Waals surface area contributed by atoms with E-state index in [0.29, 0.717) is 12.1 Å². The fourth-order valence-electron chi connectivity index (χ4n) is 1.72. The second-order valence-electron chi connectivity index (χ2n) is 4.70. The lowest BCUT2D eigenvalue weighted by Gasteiger charge is -2.27. The second kappa shape index (κ2) is 5.83. The summed E-state index contributed by atoms with van der Waals surface area (Å²) in [6.07, 6.45) is 3.68. The van der Waals surface area contributed by atoms with Crippen molar-refractivity contribution in [2.24, 2.45) is 0 Å². The lowest BCUT2D eigenvalue weighted by molar-refractivity contribution is 0.392. The third kappa shape index (κ3) is 3.68. The molecule has 1 aliphatic rings. The highest BCUT2D eigenvalue weighted by Crippen LogP contribution is 2.29. The van der Waals surface area contributed by atoms with E-state index >= 15 is 0 Å². The van der Waals surface area contributed by atoms with E-state index < -0.39 is 0 Å². The van der Waals surface area contributed by atoms with Crippen molar-refractivity contribution < 1.29 is 0 Å². The molecular weight excluding hydrogens is 248 g/mol. The van der Waals surface area contributed by atoms with Crippen molar-refractivity contribution >= 4 is 28.7 Å². The van der Waals surface area contributed by atoms with Crippen molar-refractivity contribution in [2.75, 3.05) is 0 Å². The van der Waals surface area contributed by atoms with E-state index in [2.05, 4.69) is 41.6 Å². The summed E-state index contributed by atoms with van der Waals surface area (Å²) in [6.45, 7) is 5.33. The molecule has 94 valence electrons. The largest absolute Gasteiger partial charge is 0.360 e. The summed E-state index contributed by atoms with van der Waals surface area (Å²) in [5.41, 5.74) is 0. The summed E-state index contributed by atoms with van der Waals surface area (Å²) in [6, 6.07) is 5.43. The molecule has 1 N–H and O–H groups in total. The normalized spacial score (nSPS) is 16.6. The molecular formula is C13H20N2S2. The number of thiophene rings is 1. The maximum atomic E-state index is 5.53. The van der Waals surface area contributed by atoms with Gasteiger partial charge in [0, 0.05) is 17.0 Å². The zero-order valence-electron chi connectivity index (χ0n) is 10.5. The number of rotatable bonds is 5. The number of hydrogen-bond donors (Lipinski definition) is 1. The lowest BCUT2D eigenvalue weighted by atomic mass is 10.3. The fraction of sp³-hybridized carbons (Fsp3) is 0.615. The monoisotopic (exact) mass is 268 g/mol. The Balaban J connectivity index is 1.94. The highest BCUT2D eigenvalue weighted by Gasteiger charge is 2.31. The zero-order chi connectivity index (χ0) is 12.3. The molecule has 1 heterocycles. The van der Waals surface area contributed by atoms with Crippen molar-refractivity contribution in [2.45, 2.75) is 51.7 Å².